The number of thiazole rings is 1. The van der Waals surface area contributed by atoms with Crippen LogP contribution in [0.3, 0.4) is 0 Å². The van der Waals surface area contributed by atoms with Gasteiger partial charge in [-0.25, -0.2) is 0 Å². The number of amides is 2. The Morgan fingerprint density at radius 3 is 2.22 bits per heavy atom. The quantitative estimate of drug-likeness (QED) is 0.584. The van der Waals surface area contributed by atoms with Crippen LogP contribution in [0, 0.1) is 29.6 Å². The number of hydrogen-bond donors (Lipinski definition) is 1. The van der Waals surface area contributed by atoms with Crippen molar-refractivity contribution in [2.75, 3.05) is 4.90 Å². The van der Waals surface area contributed by atoms with Crippen molar-refractivity contribution < 1.29 is 9.59 Å². The van der Waals surface area contributed by atoms with Gasteiger partial charge in [-0.15, -0.1) is 11.8 Å². The fraction of sp³-hybridized carbons (Fsp3) is 0.320. The highest BCUT2D eigenvalue weighted by Gasteiger charge is 2.69. The lowest BCUT2D eigenvalue weighted by atomic mass is 9.68. The molecule has 1 saturated heterocycles. The molecule has 1 aromatic heterocycles. The van der Waals surface area contributed by atoms with Gasteiger partial charge in [0.25, 0.3) is 0 Å². The highest BCUT2D eigenvalue weighted by Crippen LogP contribution is 2.68. The van der Waals surface area contributed by atoms with Crippen molar-refractivity contribution >= 4 is 40.6 Å². The van der Waals surface area contributed by atoms with Crippen LogP contribution in [0.4, 0.5) is 5.69 Å². The second kappa shape index (κ2) is 6.68. The van der Waals surface area contributed by atoms with Crippen LogP contribution in [0.15, 0.2) is 70.5 Å². The van der Waals surface area contributed by atoms with Gasteiger partial charge in [-0.2, -0.15) is 0 Å². The molecule has 7 rings (SSSR count). The van der Waals surface area contributed by atoms with E-state index in [9.17, 15) is 14.4 Å². The van der Waals surface area contributed by atoms with Gasteiger partial charge in [0, 0.05) is 16.0 Å². The summed E-state index contributed by atoms with van der Waals surface area (Å²) < 4.78 is 0. The molecule has 2 aliphatic heterocycles. The first-order valence-corrected chi connectivity index (χ1v) is 12.7. The van der Waals surface area contributed by atoms with E-state index < -0.39 is 0 Å². The molecule has 3 heterocycles. The first kappa shape index (κ1) is 18.9. The Morgan fingerprint density at radius 1 is 0.844 bits per heavy atom. The van der Waals surface area contributed by atoms with Crippen molar-refractivity contribution in [1.29, 1.82) is 0 Å². The molecule has 2 aromatic carbocycles. The van der Waals surface area contributed by atoms with Crippen molar-refractivity contribution in [3.63, 3.8) is 0 Å². The topological polar surface area (TPSA) is 70.2 Å². The molecule has 2 amide bonds. The van der Waals surface area contributed by atoms with Crippen molar-refractivity contribution in [2.24, 2.45) is 29.6 Å². The number of aromatic amines is 1. The summed E-state index contributed by atoms with van der Waals surface area (Å²) in [5.41, 5.74) is 1.87. The Kier molecular flexibility index (Phi) is 3.94. The predicted molar refractivity (Wildman–Crippen MR) is 124 cm³/mol. The van der Waals surface area contributed by atoms with E-state index in [4.69, 9.17) is 0 Å². The van der Waals surface area contributed by atoms with E-state index in [0.717, 1.165) is 16.3 Å². The zero-order chi connectivity index (χ0) is 21.6. The first-order valence-electron chi connectivity index (χ1n) is 11.0. The van der Waals surface area contributed by atoms with Crippen LogP contribution in [0.1, 0.15) is 22.8 Å². The average Bonchev–Trinajstić information content (AvgIpc) is 3.53. The maximum Gasteiger partial charge on any atom is 0.305 e. The lowest BCUT2D eigenvalue weighted by molar-refractivity contribution is -0.123. The summed E-state index contributed by atoms with van der Waals surface area (Å²) >= 11 is 3.03. The van der Waals surface area contributed by atoms with Gasteiger partial charge in [0.1, 0.15) is 0 Å². The Hall–Kier alpha value is -2.64. The van der Waals surface area contributed by atoms with Crippen LogP contribution >= 0.6 is 23.1 Å². The van der Waals surface area contributed by atoms with Gasteiger partial charge in [0.05, 0.1) is 22.5 Å². The lowest BCUT2D eigenvalue weighted by Crippen LogP contribution is -2.42. The van der Waals surface area contributed by atoms with Crippen molar-refractivity contribution in [2.45, 2.75) is 22.6 Å². The maximum atomic E-state index is 13.6. The Balaban J connectivity index is 1.34. The van der Waals surface area contributed by atoms with Crippen LogP contribution in [-0.2, 0) is 9.59 Å². The molecule has 2 bridgehead atoms. The van der Waals surface area contributed by atoms with Crippen molar-refractivity contribution in [1.82, 2.24) is 4.98 Å². The predicted octanol–water partition coefficient (Wildman–Crippen LogP) is 4.11. The third kappa shape index (κ3) is 2.38. The van der Waals surface area contributed by atoms with Crippen LogP contribution in [0.25, 0.3) is 0 Å². The molecule has 2 aliphatic carbocycles. The van der Waals surface area contributed by atoms with Gasteiger partial charge >= 0.3 is 4.87 Å². The van der Waals surface area contributed by atoms with E-state index >= 15 is 0 Å². The number of H-pyrrole nitrogens is 1. The molecule has 3 fully saturated rings. The molecule has 7 heteroatoms. The third-order valence-electron chi connectivity index (χ3n) is 7.90. The summed E-state index contributed by atoms with van der Waals surface area (Å²) in [5.74, 6) is 0.0747. The lowest BCUT2D eigenvalue weighted by Gasteiger charge is -2.43. The number of fused-ring (bicyclic) bond motifs is 9. The van der Waals surface area contributed by atoms with Gasteiger partial charge in [-0.3, -0.25) is 19.3 Å². The van der Waals surface area contributed by atoms with Crippen LogP contribution < -0.4 is 9.77 Å². The Labute approximate surface area is 192 Å². The smallest absolute Gasteiger partial charge is 0.305 e. The van der Waals surface area contributed by atoms with E-state index in [-0.39, 0.29) is 57.4 Å². The first-order chi connectivity index (χ1) is 15.6. The summed E-state index contributed by atoms with van der Waals surface area (Å²) in [6, 6.07) is 19.7. The molecule has 160 valence electrons. The number of nitrogens with one attached hydrogen (secondary N) is 1. The summed E-state index contributed by atoms with van der Waals surface area (Å²) in [4.78, 5) is 44.9. The van der Waals surface area contributed by atoms with E-state index in [1.54, 1.807) is 11.8 Å². The Morgan fingerprint density at radius 2 is 1.50 bits per heavy atom. The average molecular weight is 461 g/mol. The van der Waals surface area contributed by atoms with Gasteiger partial charge < -0.3 is 4.98 Å². The highest BCUT2D eigenvalue weighted by molar-refractivity contribution is 8.00. The number of carbonyl (C=O) groups excluding carboxylic acids is 2. The number of thioether (sulfide) groups is 1. The van der Waals surface area contributed by atoms with E-state index in [1.807, 2.05) is 48.5 Å². The van der Waals surface area contributed by atoms with Gasteiger partial charge in [0.2, 0.25) is 11.8 Å². The number of anilines is 1. The zero-order valence-corrected chi connectivity index (χ0v) is 18.6. The minimum atomic E-state index is -0.252. The largest absolute Gasteiger partial charge is 0.307 e. The number of nitrogens with zero attached hydrogens (tertiary/aromatic N) is 1. The number of rotatable bonds is 2. The number of para-hydroxylation sites is 1. The molecule has 0 radical (unpaired) electrons. The van der Waals surface area contributed by atoms with E-state index in [0.29, 0.717) is 5.69 Å². The number of carbonyl (C=O) groups is 2. The molecule has 1 unspecified atom stereocenters. The normalized spacial score (nSPS) is 34.5. The Bertz CT molecular complexity index is 1300. The maximum absolute atomic E-state index is 13.6. The molecule has 7 atom stereocenters. The second-order valence-electron chi connectivity index (χ2n) is 9.22. The fourth-order valence-electron chi connectivity index (χ4n) is 6.88. The molecule has 32 heavy (non-hydrogen) atoms. The minimum Gasteiger partial charge on any atom is -0.307 e. The van der Waals surface area contributed by atoms with Crippen LogP contribution in [-0.4, -0.2) is 22.0 Å². The number of aromatic nitrogens is 1. The fourth-order valence-corrected chi connectivity index (χ4v) is 9.77. The molecular formula is C25H20N2O3S2. The number of imide groups is 1. The summed E-state index contributed by atoms with van der Waals surface area (Å²) in [7, 11) is 0. The molecule has 5 nitrogen and oxygen atoms in total. The summed E-state index contributed by atoms with van der Waals surface area (Å²) in [6.07, 6.45) is 0.917. The van der Waals surface area contributed by atoms with E-state index in [1.165, 1.54) is 21.8 Å². The number of benzene rings is 2. The summed E-state index contributed by atoms with van der Waals surface area (Å²) in [6.45, 7) is 0. The van der Waals surface area contributed by atoms with Crippen molar-refractivity contribution in [3.8, 4) is 0 Å². The molecule has 0 spiro atoms. The zero-order valence-electron chi connectivity index (χ0n) is 17.0. The van der Waals surface area contributed by atoms with Crippen LogP contribution in [0.5, 0.6) is 0 Å². The monoisotopic (exact) mass is 460 g/mol. The number of hydrogen-bond acceptors (Lipinski definition) is 5. The highest BCUT2D eigenvalue weighted by atomic mass is 32.2. The standard InChI is InChI=1S/C25H20N2O3S2/c28-23-18-14-11-15(19(18)24(29)27(23)13-9-5-2-6-10-13)20-17(14)16(12-7-3-1-4-8-12)21-22(31-20)26-25(30)32-21/h1-10,14-20H,11H2,(H,26,30)/t14-,15-,16?,17-,18+,19-,20-/m0/s1. The minimum absolute atomic E-state index is 0.0293. The second-order valence-corrected chi connectivity index (χ2v) is 11.4. The van der Waals surface area contributed by atoms with Gasteiger partial charge in [-0.05, 0) is 41.9 Å². The SMILES string of the molecule is O=C1[C@@H]2[C@H]3C[C@H]([C@@H]4Sc5[nH]c(=O)sc5C(c5ccccc5)[C@H]34)[C@@H]2C(=O)N1c1ccccc1. The molecule has 1 N–H and O–H groups in total. The molecular weight excluding hydrogens is 440 g/mol. The molecule has 3 aromatic rings. The van der Waals surface area contributed by atoms with Gasteiger partial charge in [0.15, 0.2) is 0 Å². The van der Waals surface area contributed by atoms with E-state index in [2.05, 4.69) is 17.1 Å². The molecule has 4 aliphatic rings. The van der Waals surface area contributed by atoms with Crippen molar-refractivity contribution in [3.05, 3.63) is 80.8 Å². The molecule has 2 saturated carbocycles. The third-order valence-corrected chi connectivity index (χ3v) is 10.5. The van der Waals surface area contributed by atoms with Crippen LogP contribution in [0.2, 0.25) is 0 Å². The summed E-state index contributed by atoms with van der Waals surface area (Å²) in [5, 5.41) is 1.19. The van der Waals surface area contributed by atoms with Gasteiger partial charge in [-0.1, -0.05) is 59.9 Å².